The topological polar surface area (TPSA) is 70.8 Å². The maximum atomic E-state index is 12.9. The first-order chi connectivity index (χ1) is 11.6. The third kappa shape index (κ3) is 2.48. The van der Waals surface area contributed by atoms with Gasteiger partial charge in [-0.25, -0.2) is 13.4 Å². The maximum absolute atomic E-state index is 12.9. The SMILES string of the molecule is Cc1cnccc1N1CCN(S(=O)(=O)c2cnc3sccn23)CC1. The molecule has 0 saturated carbocycles. The third-order valence-electron chi connectivity index (χ3n) is 4.29. The van der Waals surface area contributed by atoms with Gasteiger partial charge in [-0.2, -0.15) is 4.31 Å². The number of sulfonamides is 1. The highest BCUT2D eigenvalue weighted by molar-refractivity contribution is 7.89. The van der Waals surface area contributed by atoms with Gasteiger partial charge in [0.2, 0.25) is 0 Å². The predicted molar refractivity (Wildman–Crippen MR) is 93.0 cm³/mol. The molecule has 0 N–H and O–H groups in total. The Kier molecular flexibility index (Phi) is 3.78. The molecule has 1 aliphatic rings. The molecule has 0 amide bonds. The average molecular weight is 363 g/mol. The zero-order chi connectivity index (χ0) is 16.7. The first-order valence-corrected chi connectivity index (χ1v) is 9.95. The molecule has 0 bridgehead atoms. The Hall–Kier alpha value is -1.97. The highest BCUT2D eigenvalue weighted by Crippen LogP contribution is 2.24. The van der Waals surface area contributed by atoms with Crippen molar-refractivity contribution in [1.29, 1.82) is 0 Å². The van der Waals surface area contributed by atoms with E-state index in [2.05, 4.69) is 14.9 Å². The van der Waals surface area contributed by atoms with E-state index in [0.717, 1.165) is 11.3 Å². The molecule has 9 heteroatoms. The monoisotopic (exact) mass is 363 g/mol. The fourth-order valence-electron chi connectivity index (χ4n) is 3.02. The van der Waals surface area contributed by atoms with Gasteiger partial charge in [0.1, 0.15) is 0 Å². The van der Waals surface area contributed by atoms with Gasteiger partial charge in [0.15, 0.2) is 9.99 Å². The summed E-state index contributed by atoms with van der Waals surface area (Å²) < 4.78 is 29.0. The van der Waals surface area contributed by atoms with Crippen LogP contribution < -0.4 is 4.90 Å². The van der Waals surface area contributed by atoms with Gasteiger partial charge in [0, 0.05) is 55.8 Å². The van der Waals surface area contributed by atoms with Crippen molar-refractivity contribution in [2.24, 2.45) is 0 Å². The summed E-state index contributed by atoms with van der Waals surface area (Å²) in [7, 11) is -3.53. The smallest absolute Gasteiger partial charge is 0.260 e. The highest BCUT2D eigenvalue weighted by Gasteiger charge is 2.31. The first-order valence-electron chi connectivity index (χ1n) is 7.63. The summed E-state index contributed by atoms with van der Waals surface area (Å²) in [6.07, 6.45) is 6.79. The van der Waals surface area contributed by atoms with Crippen LogP contribution in [0.5, 0.6) is 0 Å². The normalized spacial score (nSPS) is 16.8. The second kappa shape index (κ2) is 5.83. The Bertz CT molecular complexity index is 971. The van der Waals surface area contributed by atoms with E-state index >= 15 is 0 Å². The van der Waals surface area contributed by atoms with Crippen LogP contribution in [0.1, 0.15) is 5.56 Å². The molecule has 24 heavy (non-hydrogen) atoms. The van der Waals surface area contributed by atoms with Crippen LogP contribution in [0.15, 0.2) is 41.3 Å². The van der Waals surface area contributed by atoms with Gasteiger partial charge in [0.25, 0.3) is 10.0 Å². The summed E-state index contributed by atoms with van der Waals surface area (Å²) in [4.78, 5) is 11.2. The molecule has 7 nitrogen and oxygen atoms in total. The Balaban J connectivity index is 1.55. The largest absolute Gasteiger partial charge is 0.369 e. The quantitative estimate of drug-likeness (QED) is 0.707. The number of piperazine rings is 1. The van der Waals surface area contributed by atoms with Crippen LogP contribution in [-0.2, 0) is 10.0 Å². The van der Waals surface area contributed by atoms with Crippen molar-refractivity contribution >= 4 is 32.0 Å². The molecule has 0 spiro atoms. The van der Waals surface area contributed by atoms with E-state index < -0.39 is 10.0 Å². The molecule has 3 aromatic heterocycles. The molecule has 1 aliphatic heterocycles. The molecule has 0 radical (unpaired) electrons. The number of rotatable bonds is 3. The number of anilines is 1. The number of aromatic nitrogens is 3. The third-order valence-corrected chi connectivity index (χ3v) is 6.93. The Labute approximate surface area is 144 Å². The molecular weight excluding hydrogens is 346 g/mol. The average Bonchev–Trinajstić information content (AvgIpc) is 3.18. The molecule has 3 aromatic rings. The molecular formula is C15H17N5O2S2. The van der Waals surface area contributed by atoms with Gasteiger partial charge < -0.3 is 4.90 Å². The summed E-state index contributed by atoms with van der Waals surface area (Å²) in [5.41, 5.74) is 2.22. The van der Waals surface area contributed by atoms with E-state index in [9.17, 15) is 8.42 Å². The number of imidazole rings is 1. The number of aryl methyl sites for hydroxylation is 1. The molecule has 1 saturated heterocycles. The summed E-state index contributed by atoms with van der Waals surface area (Å²) in [5.74, 6) is 0. The van der Waals surface area contributed by atoms with Crippen LogP contribution >= 0.6 is 11.3 Å². The van der Waals surface area contributed by atoms with Crippen molar-refractivity contribution in [3.8, 4) is 0 Å². The Morgan fingerprint density at radius 1 is 1.17 bits per heavy atom. The molecule has 4 rings (SSSR count). The van der Waals surface area contributed by atoms with E-state index in [1.54, 1.807) is 21.1 Å². The number of hydrogen-bond acceptors (Lipinski definition) is 6. The lowest BCUT2D eigenvalue weighted by atomic mass is 10.2. The number of nitrogens with zero attached hydrogens (tertiary/aromatic N) is 5. The molecule has 126 valence electrons. The van der Waals surface area contributed by atoms with Crippen LogP contribution in [0.25, 0.3) is 4.96 Å². The van der Waals surface area contributed by atoms with E-state index in [-0.39, 0.29) is 5.03 Å². The van der Waals surface area contributed by atoms with Crippen LogP contribution in [-0.4, -0.2) is 53.3 Å². The minimum atomic E-state index is -3.53. The lowest BCUT2D eigenvalue weighted by molar-refractivity contribution is 0.383. The zero-order valence-electron chi connectivity index (χ0n) is 13.2. The Morgan fingerprint density at radius 2 is 1.96 bits per heavy atom. The molecule has 0 unspecified atom stereocenters. The van der Waals surface area contributed by atoms with Gasteiger partial charge in [-0.3, -0.25) is 9.38 Å². The lowest BCUT2D eigenvalue weighted by Crippen LogP contribution is -2.49. The molecule has 0 aromatic carbocycles. The standard InChI is InChI=1S/C15H17N5O2S2/c1-12-10-16-3-2-13(12)18-4-6-19(7-5-18)24(21,22)14-11-17-15-20(14)8-9-23-15/h2-3,8-11H,4-7H2,1H3. The van der Waals surface area contributed by atoms with Crippen molar-refractivity contribution < 1.29 is 8.42 Å². The second-order valence-corrected chi connectivity index (χ2v) is 8.46. The molecule has 0 atom stereocenters. The fourth-order valence-corrected chi connectivity index (χ4v) is 5.26. The van der Waals surface area contributed by atoms with Crippen LogP contribution in [0.3, 0.4) is 0 Å². The van der Waals surface area contributed by atoms with Crippen LogP contribution in [0, 0.1) is 6.92 Å². The minimum Gasteiger partial charge on any atom is -0.369 e. The Morgan fingerprint density at radius 3 is 2.71 bits per heavy atom. The maximum Gasteiger partial charge on any atom is 0.260 e. The predicted octanol–water partition coefficient (Wildman–Crippen LogP) is 1.61. The minimum absolute atomic E-state index is 0.243. The molecule has 4 heterocycles. The first kappa shape index (κ1) is 15.6. The second-order valence-electron chi connectivity index (χ2n) is 5.71. The summed E-state index contributed by atoms with van der Waals surface area (Å²) in [6.45, 7) is 4.26. The molecule has 0 aliphatic carbocycles. The van der Waals surface area contributed by atoms with Gasteiger partial charge >= 0.3 is 0 Å². The van der Waals surface area contributed by atoms with Crippen LogP contribution in [0.4, 0.5) is 5.69 Å². The zero-order valence-corrected chi connectivity index (χ0v) is 14.8. The number of fused-ring (bicyclic) bond motifs is 1. The number of thiazole rings is 1. The highest BCUT2D eigenvalue weighted by atomic mass is 32.2. The summed E-state index contributed by atoms with van der Waals surface area (Å²) in [5, 5.41) is 2.08. The van der Waals surface area contributed by atoms with Crippen molar-refractivity contribution in [2.45, 2.75) is 11.9 Å². The lowest BCUT2D eigenvalue weighted by Gasteiger charge is -2.35. The molecule has 1 fully saturated rings. The van der Waals surface area contributed by atoms with Crippen LogP contribution in [0.2, 0.25) is 0 Å². The van der Waals surface area contributed by atoms with Crippen molar-refractivity contribution in [1.82, 2.24) is 18.7 Å². The summed E-state index contributed by atoms with van der Waals surface area (Å²) >= 11 is 1.42. The number of hydrogen-bond donors (Lipinski definition) is 0. The van der Waals surface area contributed by atoms with Gasteiger partial charge in [-0.15, -0.1) is 11.3 Å². The van der Waals surface area contributed by atoms with Crippen molar-refractivity contribution in [3.63, 3.8) is 0 Å². The van der Waals surface area contributed by atoms with E-state index in [0.29, 0.717) is 31.1 Å². The van der Waals surface area contributed by atoms with Crippen molar-refractivity contribution in [2.75, 3.05) is 31.1 Å². The fraction of sp³-hybridized carbons (Fsp3) is 0.333. The summed E-state index contributed by atoms with van der Waals surface area (Å²) in [6, 6.07) is 1.98. The van der Waals surface area contributed by atoms with E-state index in [1.807, 2.05) is 24.6 Å². The van der Waals surface area contributed by atoms with Gasteiger partial charge in [0.05, 0.1) is 6.20 Å². The van der Waals surface area contributed by atoms with E-state index in [1.165, 1.54) is 17.5 Å². The van der Waals surface area contributed by atoms with E-state index in [4.69, 9.17) is 0 Å². The van der Waals surface area contributed by atoms with Gasteiger partial charge in [-0.05, 0) is 18.6 Å². The van der Waals surface area contributed by atoms with Gasteiger partial charge in [-0.1, -0.05) is 0 Å². The van der Waals surface area contributed by atoms with Crippen molar-refractivity contribution in [3.05, 3.63) is 41.8 Å². The number of pyridine rings is 1.